The number of benzene rings is 2. The second kappa shape index (κ2) is 11.7. The highest BCUT2D eigenvalue weighted by Crippen LogP contribution is 2.39. The molecule has 0 spiro atoms. The van der Waals surface area contributed by atoms with Gasteiger partial charge in [0.15, 0.2) is 0 Å². The van der Waals surface area contributed by atoms with E-state index in [1.165, 1.54) is 86.0 Å². The fourth-order valence-corrected chi connectivity index (χ4v) is 5.65. The summed E-state index contributed by atoms with van der Waals surface area (Å²) in [7, 11) is 0. The van der Waals surface area contributed by atoms with Crippen molar-refractivity contribution in [3.63, 3.8) is 0 Å². The summed E-state index contributed by atoms with van der Waals surface area (Å²) in [6, 6.07) is 22.2. The van der Waals surface area contributed by atoms with Crippen molar-refractivity contribution in [2.24, 2.45) is 0 Å². The van der Waals surface area contributed by atoms with Gasteiger partial charge >= 0.3 is 0 Å². The van der Waals surface area contributed by atoms with E-state index < -0.39 is 0 Å². The Morgan fingerprint density at radius 1 is 0.611 bits per heavy atom. The molecule has 5 rings (SSSR count). The van der Waals surface area contributed by atoms with Gasteiger partial charge in [-0.1, -0.05) is 89.5 Å². The third-order valence-electron chi connectivity index (χ3n) is 7.56. The van der Waals surface area contributed by atoms with Crippen LogP contribution in [0.1, 0.15) is 84.1 Å². The van der Waals surface area contributed by atoms with Gasteiger partial charge in [-0.2, -0.15) is 0 Å². The third-order valence-corrected chi connectivity index (χ3v) is 7.56. The van der Waals surface area contributed by atoms with Gasteiger partial charge in [-0.15, -0.1) is 0 Å². The zero-order valence-corrected chi connectivity index (χ0v) is 21.8. The van der Waals surface area contributed by atoms with Crippen LogP contribution in [0.3, 0.4) is 0 Å². The van der Waals surface area contributed by atoms with Crippen LogP contribution in [-0.2, 0) is 0 Å². The van der Waals surface area contributed by atoms with Gasteiger partial charge in [0, 0.05) is 27.9 Å². The first kappa shape index (κ1) is 24.5. The minimum Gasteiger partial charge on any atom is -0.464 e. The van der Waals surface area contributed by atoms with Gasteiger partial charge in [-0.25, -0.2) is 0 Å². The van der Waals surface area contributed by atoms with Crippen molar-refractivity contribution < 1.29 is 8.83 Å². The van der Waals surface area contributed by atoms with Gasteiger partial charge in [0.05, 0.1) is 23.6 Å². The molecule has 36 heavy (non-hydrogen) atoms. The van der Waals surface area contributed by atoms with Gasteiger partial charge in [0.1, 0.15) is 11.5 Å². The Kier molecular flexibility index (Phi) is 7.95. The van der Waals surface area contributed by atoms with Crippen molar-refractivity contribution in [2.45, 2.75) is 84.1 Å². The molecule has 0 amide bonds. The van der Waals surface area contributed by atoms with Crippen LogP contribution in [-0.4, -0.2) is 4.57 Å². The van der Waals surface area contributed by atoms with E-state index in [4.69, 9.17) is 8.83 Å². The normalized spacial score (nSPS) is 11.9. The van der Waals surface area contributed by atoms with Crippen LogP contribution >= 0.6 is 0 Å². The van der Waals surface area contributed by atoms with E-state index in [9.17, 15) is 0 Å². The molecule has 3 heteroatoms. The summed E-state index contributed by atoms with van der Waals surface area (Å²) >= 11 is 0. The Bertz CT molecular complexity index is 1250. The predicted molar refractivity (Wildman–Crippen MR) is 151 cm³/mol. The molecule has 3 nitrogen and oxygen atoms in total. The molecule has 0 aliphatic heterocycles. The van der Waals surface area contributed by atoms with Crippen LogP contribution in [0.25, 0.3) is 44.5 Å². The average Bonchev–Trinajstić information content (AvgIpc) is 3.68. The molecule has 2 aromatic carbocycles. The SMILES string of the molecule is CCCCCCC(CCCCCC)n1c2cc(-c3ccco3)ccc2c2ccc(-c3ccco3)cc21. The van der Waals surface area contributed by atoms with E-state index in [1.807, 2.05) is 12.1 Å². The van der Waals surface area contributed by atoms with E-state index in [1.54, 1.807) is 12.5 Å². The van der Waals surface area contributed by atoms with Crippen molar-refractivity contribution in [3.8, 4) is 22.6 Å². The van der Waals surface area contributed by atoms with Gasteiger partial charge in [0.2, 0.25) is 0 Å². The number of aromatic nitrogens is 1. The lowest BCUT2D eigenvalue weighted by Gasteiger charge is -2.22. The highest BCUT2D eigenvalue weighted by Gasteiger charge is 2.20. The number of nitrogens with zero attached hydrogens (tertiary/aromatic N) is 1. The molecule has 0 aliphatic rings. The first-order valence-electron chi connectivity index (χ1n) is 14.0. The first-order chi connectivity index (χ1) is 17.8. The number of furan rings is 2. The maximum atomic E-state index is 5.77. The molecule has 0 N–H and O–H groups in total. The monoisotopic (exact) mass is 481 g/mol. The largest absolute Gasteiger partial charge is 0.464 e. The molecule has 0 radical (unpaired) electrons. The Labute approximate surface area is 215 Å². The second-order valence-corrected chi connectivity index (χ2v) is 10.1. The number of hydrogen-bond donors (Lipinski definition) is 0. The number of fused-ring (bicyclic) bond motifs is 3. The Morgan fingerprint density at radius 3 is 1.53 bits per heavy atom. The van der Waals surface area contributed by atoms with E-state index in [-0.39, 0.29) is 0 Å². The topological polar surface area (TPSA) is 31.2 Å². The lowest BCUT2D eigenvalue weighted by Crippen LogP contribution is -2.09. The molecule has 0 atom stereocenters. The summed E-state index contributed by atoms with van der Waals surface area (Å²) in [4.78, 5) is 0. The highest BCUT2D eigenvalue weighted by atomic mass is 16.3. The van der Waals surface area contributed by atoms with Crippen molar-refractivity contribution in [1.82, 2.24) is 4.57 Å². The molecule has 0 fully saturated rings. The molecule has 0 saturated heterocycles. The lowest BCUT2D eigenvalue weighted by molar-refractivity contribution is 0.413. The third kappa shape index (κ3) is 5.16. The Balaban J connectivity index is 1.64. The number of unbranched alkanes of at least 4 members (excludes halogenated alkanes) is 6. The Hall–Kier alpha value is -3.20. The molecular weight excluding hydrogens is 442 g/mol. The van der Waals surface area contributed by atoms with Crippen molar-refractivity contribution in [3.05, 3.63) is 73.2 Å². The van der Waals surface area contributed by atoms with E-state index >= 15 is 0 Å². The first-order valence-corrected chi connectivity index (χ1v) is 14.0. The summed E-state index contributed by atoms with van der Waals surface area (Å²) in [5.41, 5.74) is 4.90. The summed E-state index contributed by atoms with van der Waals surface area (Å²) in [5, 5.41) is 2.64. The molecule has 0 bridgehead atoms. The zero-order chi connectivity index (χ0) is 24.7. The zero-order valence-electron chi connectivity index (χ0n) is 21.8. The van der Waals surface area contributed by atoms with Gasteiger partial charge < -0.3 is 13.4 Å². The molecule has 0 unspecified atom stereocenters. The van der Waals surface area contributed by atoms with Crippen LogP contribution in [0.2, 0.25) is 0 Å². The molecule has 0 saturated carbocycles. The standard InChI is InChI=1S/C33H39NO2/c1-3-5-7-9-13-27(14-10-8-6-4-2)34-30-23-25(32-15-11-21-35-32)17-19-28(30)29-20-18-26(24-31(29)34)33-16-12-22-36-33/h11-12,15-24,27H,3-10,13-14H2,1-2H3. The maximum Gasteiger partial charge on any atom is 0.133 e. The van der Waals surface area contributed by atoms with Crippen LogP contribution in [0.4, 0.5) is 0 Å². The number of hydrogen-bond acceptors (Lipinski definition) is 2. The van der Waals surface area contributed by atoms with Gasteiger partial charge in [-0.3, -0.25) is 0 Å². The smallest absolute Gasteiger partial charge is 0.133 e. The molecule has 188 valence electrons. The van der Waals surface area contributed by atoms with E-state index in [0.717, 1.165) is 22.6 Å². The van der Waals surface area contributed by atoms with Gasteiger partial charge in [-0.05, 0) is 49.2 Å². The van der Waals surface area contributed by atoms with E-state index in [2.05, 4.69) is 66.9 Å². The second-order valence-electron chi connectivity index (χ2n) is 10.1. The van der Waals surface area contributed by atoms with Crippen LogP contribution in [0.5, 0.6) is 0 Å². The quantitative estimate of drug-likeness (QED) is 0.157. The lowest BCUT2D eigenvalue weighted by atomic mass is 10.00. The molecule has 0 aliphatic carbocycles. The van der Waals surface area contributed by atoms with Crippen molar-refractivity contribution >= 4 is 21.8 Å². The van der Waals surface area contributed by atoms with Crippen molar-refractivity contribution in [2.75, 3.05) is 0 Å². The maximum absolute atomic E-state index is 5.77. The summed E-state index contributed by atoms with van der Waals surface area (Å²) in [6.07, 6.45) is 16.3. The molecule has 3 aromatic heterocycles. The number of rotatable bonds is 13. The fraction of sp³-hybridized carbons (Fsp3) is 0.394. The highest BCUT2D eigenvalue weighted by molar-refractivity contribution is 6.10. The Morgan fingerprint density at radius 2 is 1.11 bits per heavy atom. The summed E-state index contributed by atoms with van der Waals surface area (Å²) in [6.45, 7) is 4.59. The van der Waals surface area contributed by atoms with Crippen LogP contribution in [0, 0.1) is 0 Å². The van der Waals surface area contributed by atoms with Gasteiger partial charge in [0.25, 0.3) is 0 Å². The minimum atomic E-state index is 0.484. The van der Waals surface area contributed by atoms with Crippen LogP contribution in [0.15, 0.2) is 82.0 Å². The predicted octanol–water partition coefficient (Wildman–Crippen LogP) is 10.8. The summed E-state index contributed by atoms with van der Waals surface area (Å²) < 4.78 is 14.2. The molecule has 3 heterocycles. The minimum absolute atomic E-state index is 0.484. The molecular formula is C33H39NO2. The van der Waals surface area contributed by atoms with E-state index in [0.29, 0.717) is 6.04 Å². The average molecular weight is 482 g/mol. The van der Waals surface area contributed by atoms with Crippen LogP contribution < -0.4 is 0 Å². The molecule has 5 aromatic rings. The fourth-order valence-electron chi connectivity index (χ4n) is 5.65. The summed E-state index contributed by atoms with van der Waals surface area (Å²) in [5.74, 6) is 1.85. The van der Waals surface area contributed by atoms with Crippen molar-refractivity contribution in [1.29, 1.82) is 0 Å².